The lowest BCUT2D eigenvalue weighted by Gasteiger charge is -2.40. The molecule has 0 radical (unpaired) electrons. The van der Waals surface area contributed by atoms with Gasteiger partial charge in [0.05, 0.1) is 12.2 Å². The standard InChI is InChI=1S/C30H41ClN2O3/c1-4-9-24(5-2)30(35,25-12-14-26(31)15-13-25)28(34)32(3)18-8-19-33-20-16-29(17-21-33)27-11-7-6-10-23(27)22-36-29/h6-7,10-15,24,35H,4-5,8-9,16-22H2,1-3H3. The summed E-state index contributed by atoms with van der Waals surface area (Å²) in [5.41, 5.74) is 1.65. The lowest BCUT2D eigenvalue weighted by Crippen LogP contribution is -2.50. The van der Waals surface area contributed by atoms with Crippen LogP contribution in [0.5, 0.6) is 0 Å². The fraction of sp³-hybridized carbons (Fsp3) is 0.567. The molecule has 2 heterocycles. The molecule has 4 rings (SSSR count). The summed E-state index contributed by atoms with van der Waals surface area (Å²) in [6, 6.07) is 15.7. The summed E-state index contributed by atoms with van der Waals surface area (Å²) in [4.78, 5) is 17.9. The molecule has 1 amide bonds. The number of ether oxygens (including phenoxy) is 1. The van der Waals surface area contributed by atoms with Gasteiger partial charge in [0.25, 0.3) is 5.91 Å². The molecule has 5 nitrogen and oxygen atoms in total. The van der Waals surface area contributed by atoms with Gasteiger partial charge in [-0.2, -0.15) is 0 Å². The van der Waals surface area contributed by atoms with Crippen molar-refractivity contribution in [2.75, 3.05) is 33.2 Å². The number of hydrogen-bond acceptors (Lipinski definition) is 4. The molecule has 1 saturated heterocycles. The van der Waals surface area contributed by atoms with Gasteiger partial charge in [0.15, 0.2) is 5.60 Å². The summed E-state index contributed by atoms with van der Waals surface area (Å²) >= 11 is 6.10. The number of carbonyl (C=O) groups is 1. The van der Waals surface area contributed by atoms with Crippen LogP contribution in [0, 0.1) is 5.92 Å². The van der Waals surface area contributed by atoms with E-state index < -0.39 is 5.60 Å². The molecule has 1 spiro atoms. The second-order valence-corrected chi connectivity index (χ2v) is 11.0. The van der Waals surface area contributed by atoms with Crippen LogP contribution in [-0.4, -0.2) is 54.0 Å². The zero-order valence-electron chi connectivity index (χ0n) is 22.0. The van der Waals surface area contributed by atoms with E-state index >= 15 is 0 Å². The van der Waals surface area contributed by atoms with Crippen LogP contribution in [-0.2, 0) is 27.3 Å². The summed E-state index contributed by atoms with van der Waals surface area (Å²) in [5, 5.41) is 12.5. The number of nitrogens with zero attached hydrogens (tertiary/aromatic N) is 2. The Morgan fingerprint density at radius 1 is 1.17 bits per heavy atom. The zero-order chi connectivity index (χ0) is 25.8. The number of aliphatic hydroxyl groups is 1. The number of rotatable bonds is 10. The van der Waals surface area contributed by atoms with Crippen molar-refractivity contribution in [3.05, 3.63) is 70.2 Å². The Labute approximate surface area is 221 Å². The third kappa shape index (κ3) is 5.35. The number of piperidine rings is 1. The Hall–Kier alpha value is -1.92. The number of halogens is 1. The molecule has 6 heteroatoms. The molecule has 1 fully saturated rings. The first-order chi connectivity index (χ1) is 17.3. The molecular formula is C30H41ClN2O3. The number of hydrogen-bond donors (Lipinski definition) is 1. The Balaban J connectivity index is 1.35. The topological polar surface area (TPSA) is 53.0 Å². The van der Waals surface area contributed by atoms with Gasteiger partial charge in [0, 0.05) is 37.6 Å². The van der Waals surface area contributed by atoms with Crippen LogP contribution in [0.4, 0.5) is 0 Å². The molecule has 36 heavy (non-hydrogen) atoms. The third-order valence-corrected chi connectivity index (χ3v) is 8.57. The van der Waals surface area contributed by atoms with Crippen LogP contribution >= 0.6 is 11.6 Å². The molecule has 2 unspecified atom stereocenters. The quantitative estimate of drug-likeness (QED) is 0.442. The zero-order valence-corrected chi connectivity index (χ0v) is 22.8. The summed E-state index contributed by atoms with van der Waals surface area (Å²) in [6.07, 6.45) is 5.31. The highest BCUT2D eigenvalue weighted by Gasteiger charge is 2.46. The summed E-state index contributed by atoms with van der Waals surface area (Å²) in [6.45, 7) is 8.39. The molecule has 0 bridgehead atoms. The minimum absolute atomic E-state index is 0.122. The highest BCUT2D eigenvalue weighted by atomic mass is 35.5. The Bertz CT molecular complexity index is 1020. The second-order valence-electron chi connectivity index (χ2n) is 10.5. The average molecular weight is 513 g/mol. The minimum Gasteiger partial charge on any atom is -0.375 e. The van der Waals surface area contributed by atoms with Crippen molar-refractivity contribution in [3.63, 3.8) is 0 Å². The molecule has 0 aromatic heterocycles. The fourth-order valence-corrected chi connectivity index (χ4v) is 6.28. The maximum atomic E-state index is 13.7. The first kappa shape index (κ1) is 27.1. The van der Waals surface area contributed by atoms with Gasteiger partial charge in [-0.05, 0) is 67.5 Å². The van der Waals surface area contributed by atoms with E-state index in [1.165, 1.54) is 11.1 Å². The number of fused-ring (bicyclic) bond motifs is 2. The number of carbonyl (C=O) groups excluding carboxylic acids is 1. The van der Waals surface area contributed by atoms with E-state index in [0.717, 1.165) is 64.8 Å². The van der Waals surface area contributed by atoms with Crippen molar-refractivity contribution >= 4 is 17.5 Å². The van der Waals surface area contributed by atoms with E-state index in [0.29, 0.717) is 17.1 Å². The summed E-state index contributed by atoms with van der Waals surface area (Å²) in [5.74, 6) is -0.370. The lowest BCUT2D eigenvalue weighted by molar-refractivity contribution is -0.159. The average Bonchev–Trinajstić information content (AvgIpc) is 3.26. The molecule has 0 aliphatic carbocycles. The lowest BCUT2D eigenvalue weighted by atomic mass is 9.76. The van der Waals surface area contributed by atoms with Crippen LogP contribution in [0.3, 0.4) is 0 Å². The SMILES string of the molecule is CCCC(CC)C(O)(C(=O)N(C)CCCN1CCC2(CC1)OCc1ccccc12)c1ccc(Cl)cc1. The van der Waals surface area contributed by atoms with E-state index in [4.69, 9.17) is 16.3 Å². The molecule has 2 aromatic rings. The van der Waals surface area contributed by atoms with Crippen molar-refractivity contribution in [2.24, 2.45) is 5.92 Å². The third-order valence-electron chi connectivity index (χ3n) is 8.32. The van der Waals surface area contributed by atoms with Crippen LogP contribution in [0.25, 0.3) is 0 Å². The van der Waals surface area contributed by atoms with Crippen molar-refractivity contribution in [1.29, 1.82) is 0 Å². The van der Waals surface area contributed by atoms with Gasteiger partial charge in [0.1, 0.15) is 0 Å². The van der Waals surface area contributed by atoms with Crippen molar-refractivity contribution < 1.29 is 14.6 Å². The van der Waals surface area contributed by atoms with Crippen LogP contribution < -0.4 is 0 Å². The fourth-order valence-electron chi connectivity index (χ4n) is 6.15. The number of amides is 1. The Kier molecular flexibility index (Phi) is 8.77. The molecule has 2 aliphatic heterocycles. The summed E-state index contributed by atoms with van der Waals surface area (Å²) < 4.78 is 6.30. The van der Waals surface area contributed by atoms with E-state index in [2.05, 4.69) is 36.1 Å². The molecule has 2 atom stereocenters. The first-order valence-corrected chi connectivity index (χ1v) is 13.9. The van der Waals surface area contributed by atoms with Gasteiger partial charge in [-0.15, -0.1) is 0 Å². The largest absolute Gasteiger partial charge is 0.375 e. The van der Waals surface area contributed by atoms with Gasteiger partial charge in [-0.25, -0.2) is 0 Å². The molecule has 1 N–H and O–H groups in total. The smallest absolute Gasteiger partial charge is 0.259 e. The monoisotopic (exact) mass is 512 g/mol. The predicted molar refractivity (Wildman–Crippen MR) is 145 cm³/mol. The van der Waals surface area contributed by atoms with Crippen molar-refractivity contribution in [3.8, 4) is 0 Å². The van der Waals surface area contributed by atoms with E-state index in [9.17, 15) is 9.90 Å². The van der Waals surface area contributed by atoms with Crippen molar-refractivity contribution in [2.45, 2.75) is 70.2 Å². The van der Waals surface area contributed by atoms with E-state index in [1.54, 1.807) is 29.2 Å². The minimum atomic E-state index is -1.55. The molecule has 2 aromatic carbocycles. The van der Waals surface area contributed by atoms with Gasteiger partial charge in [-0.3, -0.25) is 4.79 Å². The van der Waals surface area contributed by atoms with Gasteiger partial charge in [0.2, 0.25) is 0 Å². The normalized spacial score (nSPS) is 19.6. The maximum Gasteiger partial charge on any atom is 0.259 e. The highest BCUT2D eigenvalue weighted by molar-refractivity contribution is 6.30. The molecule has 196 valence electrons. The first-order valence-electron chi connectivity index (χ1n) is 13.5. The number of benzene rings is 2. The van der Waals surface area contributed by atoms with E-state index in [-0.39, 0.29) is 17.4 Å². The van der Waals surface area contributed by atoms with Crippen LogP contribution in [0.1, 0.15) is 69.1 Å². The summed E-state index contributed by atoms with van der Waals surface area (Å²) in [7, 11) is 1.82. The van der Waals surface area contributed by atoms with Crippen LogP contribution in [0.2, 0.25) is 5.02 Å². The van der Waals surface area contributed by atoms with E-state index in [1.807, 2.05) is 14.0 Å². The highest BCUT2D eigenvalue weighted by Crippen LogP contribution is 2.44. The van der Waals surface area contributed by atoms with Gasteiger partial charge < -0.3 is 19.6 Å². The molecule has 2 aliphatic rings. The Morgan fingerprint density at radius 3 is 2.53 bits per heavy atom. The van der Waals surface area contributed by atoms with Crippen LogP contribution in [0.15, 0.2) is 48.5 Å². The second kappa shape index (κ2) is 11.6. The van der Waals surface area contributed by atoms with Gasteiger partial charge >= 0.3 is 0 Å². The predicted octanol–water partition coefficient (Wildman–Crippen LogP) is 5.72. The maximum absolute atomic E-state index is 13.7. The van der Waals surface area contributed by atoms with Crippen molar-refractivity contribution in [1.82, 2.24) is 9.80 Å². The number of likely N-dealkylation sites (N-methyl/N-ethyl adjacent to an activating group) is 1. The number of likely N-dealkylation sites (tertiary alicyclic amines) is 1. The molecule has 0 saturated carbocycles. The Morgan fingerprint density at radius 2 is 1.86 bits per heavy atom. The van der Waals surface area contributed by atoms with Gasteiger partial charge in [-0.1, -0.05) is 68.3 Å². The molecular weight excluding hydrogens is 472 g/mol.